The normalized spacial score (nSPS) is 16.1. The third kappa shape index (κ3) is 5.30. The first-order valence-corrected chi connectivity index (χ1v) is 8.95. The molecule has 144 valence electrons. The highest BCUT2D eigenvalue weighted by molar-refractivity contribution is 5.95. The van der Waals surface area contributed by atoms with E-state index in [0.29, 0.717) is 35.8 Å². The van der Waals surface area contributed by atoms with Gasteiger partial charge in [-0.1, -0.05) is 5.16 Å². The average Bonchev–Trinajstić information content (AvgIpc) is 3.32. The Morgan fingerprint density at radius 3 is 2.70 bits per heavy atom. The molecular weight excluding hydrogens is 348 g/mol. The Bertz CT molecular complexity index is 781. The predicted molar refractivity (Wildman–Crippen MR) is 99.5 cm³/mol. The Hall–Kier alpha value is -2.87. The van der Waals surface area contributed by atoms with Crippen LogP contribution in [-0.4, -0.2) is 48.3 Å². The molecule has 0 radical (unpaired) electrons. The first-order chi connectivity index (χ1) is 13.0. The zero-order chi connectivity index (χ0) is 19.2. The summed E-state index contributed by atoms with van der Waals surface area (Å²) in [6, 6.07) is 8.28. The van der Waals surface area contributed by atoms with E-state index in [1.165, 1.54) is 4.90 Å². The molecule has 8 heteroatoms. The number of amides is 3. The third-order valence-corrected chi connectivity index (χ3v) is 4.34. The van der Waals surface area contributed by atoms with Crippen LogP contribution in [0.25, 0.3) is 0 Å². The highest BCUT2D eigenvalue weighted by atomic mass is 16.5. The fourth-order valence-corrected chi connectivity index (χ4v) is 2.85. The van der Waals surface area contributed by atoms with Gasteiger partial charge in [-0.3, -0.25) is 4.79 Å². The Morgan fingerprint density at radius 2 is 2.07 bits per heavy atom. The van der Waals surface area contributed by atoms with Crippen LogP contribution in [0.3, 0.4) is 0 Å². The number of hydrogen-bond donors (Lipinski definition) is 2. The third-order valence-electron chi connectivity index (χ3n) is 4.34. The minimum Gasteiger partial charge on any atom is -0.376 e. The van der Waals surface area contributed by atoms with Gasteiger partial charge in [0.25, 0.3) is 5.91 Å². The fraction of sp³-hybridized carbons (Fsp3) is 0.421. The molecule has 1 aliphatic heterocycles. The molecular formula is C19H24N4O4. The number of rotatable bonds is 6. The maximum absolute atomic E-state index is 12.3. The van der Waals surface area contributed by atoms with E-state index in [9.17, 15) is 9.59 Å². The summed E-state index contributed by atoms with van der Waals surface area (Å²) < 4.78 is 10.5. The number of ether oxygens (including phenoxy) is 1. The molecule has 1 aliphatic rings. The van der Waals surface area contributed by atoms with E-state index >= 15 is 0 Å². The van der Waals surface area contributed by atoms with Gasteiger partial charge in [-0.2, -0.15) is 0 Å². The fourth-order valence-electron chi connectivity index (χ4n) is 2.85. The predicted octanol–water partition coefficient (Wildman–Crippen LogP) is 2.56. The number of aromatic nitrogens is 1. The van der Waals surface area contributed by atoms with Crippen LogP contribution in [0.1, 0.15) is 34.7 Å². The lowest BCUT2D eigenvalue weighted by Gasteiger charge is -2.16. The lowest BCUT2D eigenvalue weighted by Crippen LogP contribution is -2.32. The summed E-state index contributed by atoms with van der Waals surface area (Å²) >= 11 is 0. The van der Waals surface area contributed by atoms with Gasteiger partial charge in [0.1, 0.15) is 11.5 Å². The zero-order valence-electron chi connectivity index (χ0n) is 15.5. The first kappa shape index (κ1) is 18.9. The van der Waals surface area contributed by atoms with Gasteiger partial charge in [0.15, 0.2) is 0 Å². The van der Waals surface area contributed by atoms with Crippen molar-refractivity contribution in [2.45, 2.75) is 32.4 Å². The summed E-state index contributed by atoms with van der Waals surface area (Å²) in [7, 11) is 1.67. The highest BCUT2D eigenvalue weighted by Crippen LogP contribution is 2.13. The number of hydrogen-bond acceptors (Lipinski definition) is 5. The van der Waals surface area contributed by atoms with Crippen LogP contribution in [0.2, 0.25) is 0 Å². The molecule has 2 heterocycles. The number of carbonyl (C=O) groups excluding carboxylic acids is 2. The molecule has 1 fully saturated rings. The summed E-state index contributed by atoms with van der Waals surface area (Å²) in [5.41, 5.74) is 1.83. The van der Waals surface area contributed by atoms with Crippen molar-refractivity contribution < 1.29 is 18.8 Å². The van der Waals surface area contributed by atoms with E-state index < -0.39 is 0 Å². The molecule has 2 N–H and O–H groups in total. The number of anilines is 1. The molecule has 0 aliphatic carbocycles. The van der Waals surface area contributed by atoms with Crippen molar-refractivity contribution in [3.05, 3.63) is 47.3 Å². The van der Waals surface area contributed by atoms with Gasteiger partial charge >= 0.3 is 6.03 Å². The molecule has 1 saturated heterocycles. The smallest absolute Gasteiger partial charge is 0.321 e. The summed E-state index contributed by atoms with van der Waals surface area (Å²) in [5.74, 6) is 0.550. The van der Waals surface area contributed by atoms with E-state index in [4.69, 9.17) is 9.26 Å². The van der Waals surface area contributed by atoms with Gasteiger partial charge in [0.05, 0.1) is 12.6 Å². The number of nitrogens with one attached hydrogen (secondary N) is 2. The van der Waals surface area contributed by atoms with Crippen molar-refractivity contribution >= 4 is 17.6 Å². The zero-order valence-corrected chi connectivity index (χ0v) is 15.5. The van der Waals surface area contributed by atoms with E-state index in [2.05, 4.69) is 15.8 Å². The van der Waals surface area contributed by atoms with Crippen LogP contribution in [0.15, 0.2) is 34.9 Å². The molecule has 2 aromatic rings. The number of benzene rings is 1. The lowest BCUT2D eigenvalue weighted by atomic mass is 10.2. The van der Waals surface area contributed by atoms with E-state index in [1.54, 1.807) is 44.3 Å². The van der Waals surface area contributed by atoms with Gasteiger partial charge in [-0.15, -0.1) is 0 Å². The number of aryl methyl sites for hydroxylation is 1. The molecule has 1 aromatic carbocycles. The van der Waals surface area contributed by atoms with Gasteiger partial charge in [-0.05, 0) is 44.0 Å². The largest absolute Gasteiger partial charge is 0.376 e. The number of urea groups is 1. The van der Waals surface area contributed by atoms with Crippen LogP contribution in [0.4, 0.5) is 10.5 Å². The second kappa shape index (κ2) is 8.68. The second-order valence-corrected chi connectivity index (χ2v) is 6.64. The molecule has 0 spiro atoms. The molecule has 0 saturated carbocycles. The molecule has 3 amide bonds. The average molecular weight is 372 g/mol. The molecule has 3 rings (SSSR count). The van der Waals surface area contributed by atoms with Crippen LogP contribution < -0.4 is 10.6 Å². The summed E-state index contributed by atoms with van der Waals surface area (Å²) in [6.07, 6.45) is 2.13. The summed E-state index contributed by atoms with van der Waals surface area (Å²) in [6.45, 7) is 3.42. The van der Waals surface area contributed by atoms with Crippen molar-refractivity contribution in [3.8, 4) is 0 Å². The van der Waals surface area contributed by atoms with Crippen molar-refractivity contribution in [2.75, 3.05) is 25.5 Å². The van der Waals surface area contributed by atoms with Crippen LogP contribution >= 0.6 is 0 Å². The van der Waals surface area contributed by atoms with Gasteiger partial charge in [-0.25, -0.2) is 4.79 Å². The molecule has 1 aromatic heterocycles. The molecule has 8 nitrogen and oxygen atoms in total. The van der Waals surface area contributed by atoms with E-state index in [0.717, 1.165) is 19.4 Å². The van der Waals surface area contributed by atoms with Crippen molar-refractivity contribution in [1.29, 1.82) is 0 Å². The van der Waals surface area contributed by atoms with Crippen LogP contribution in [-0.2, 0) is 11.3 Å². The SMILES string of the molecule is Cc1cc(CN(C)C(=O)Nc2ccc(C(=O)NC[C@H]3CCCO3)cc2)no1. The van der Waals surface area contributed by atoms with Crippen LogP contribution in [0.5, 0.6) is 0 Å². The lowest BCUT2D eigenvalue weighted by molar-refractivity contribution is 0.0858. The van der Waals surface area contributed by atoms with Gasteiger partial charge in [0, 0.05) is 37.5 Å². The van der Waals surface area contributed by atoms with Crippen molar-refractivity contribution in [2.24, 2.45) is 0 Å². The second-order valence-electron chi connectivity index (χ2n) is 6.64. The maximum Gasteiger partial charge on any atom is 0.321 e. The Balaban J connectivity index is 1.48. The van der Waals surface area contributed by atoms with Crippen molar-refractivity contribution in [3.63, 3.8) is 0 Å². The monoisotopic (exact) mass is 372 g/mol. The molecule has 0 bridgehead atoms. The number of nitrogens with zero attached hydrogens (tertiary/aromatic N) is 2. The summed E-state index contributed by atoms with van der Waals surface area (Å²) in [4.78, 5) is 25.9. The molecule has 27 heavy (non-hydrogen) atoms. The maximum atomic E-state index is 12.3. The molecule has 0 unspecified atom stereocenters. The summed E-state index contributed by atoms with van der Waals surface area (Å²) in [5, 5.41) is 9.53. The van der Waals surface area contributed by atoms with Crippen molar-refractivity contribution in [1.82, 2.24) is 15.4 Å². The van der Waals surface area contributed by atoms with Gasteiger partial charge in [0.2, 0.25) is 0 Å². The Kier molecular flexibility index (Phi) is 6.08. The first-order valence-electron chi connectivity index (χ1n) is 8.95. The van der Waals surface area contributed by atoms with Gasteiger partial charge < -0.3 is 24.8 Å². The quantitative estimate of drug-likeness (QED) is 0.812. The van der Waals surface area contributed by atoms with E-state index in [1.807, 2.05) is 0 Å². The van der Waals surface area contributed by atoms with E-state index in [-0.39, 0.29) is 18.0 Å². The molecule has 1 atom stereocenters. The Morgan fingerprint density at radius 1 is 1.30 bits per heavy atom. The minimum absolute atomic E-state index is 0.108. The topological polar surface area (TPSA) is 96.7 Å². The Labute approximate surface area is 157 Å². The standard InChI is InChI=1S/C19H24N4O4/c1-13-10-16(22-27-13)12-23(2)19(25)21-15-7-5-14(6-8-15)18(24)20-11-17-4-3-9-26-17/h5-8,10,17H,3-4,9,11-12H2,1-2H3,(H,20,24)(H,21,25)/t17-/m1/s1. The minimum atomic E-state index is -0.272. The number of carbonyl (C=O) groups is 2. The van der Waals surface area contributed by atoms with Crippen LogP contribution in [0, 0.1) is 6.92 Å². The highest BCUT2D eigenvalue weighted by Gasteiger charge is 2.17.